The van der Waals surface area contributed by atoms with Crippen LogP contribution in [0.2, 0.25) is 0 Å². The summed E-state index contributed by atoms with van der Waals surface area (Å²) in [5.41, 5.74) is 0.236. The number of nitrogens with zero attached hydrogens (tertiary/aromatic N) is 2. The number of hydrogen-bond acceptors (Lipinski definition) is 5. The number of aromatic nitrogens is 1. The van der Waals surface area contributed by atoms with Gasteiger partial charge in [0.1, 0.15) is 19.2 Å². The molecule has 0 atom stereocenters. The summed E-state index contributed by atoms with van der Waals surface area (Å²) in [4.78, 5) is 11.3. The number of rotatable bonds is 6. The van der Waals surface area contributed by atoms with Gasteiger partial charge in [-0.1, -0.05) is 12.1 Å². The zero-order valence-corrected chi connectivity index (χ0v) is 16.0. The number of halogens is 3. The van der Waals surface area contributed by atoms with Crippen LogP contribution in [0.1, 0.15) is 16.7 Å². The number of carbonyl (C=O) groups excluding carboxylic acids is 1. The van der Waals surface area contributed by atoms with Crippen LogP contribution in [-0.2, 0) is 32.3 Å². The highest BCUT2D eigenvalue weighted by molar-refractivity contribution is 7.89. The third-order valence-corrected chi connectivity index (χ3v) is 5.54. The SMILES string of the molecule is N#Cc1c(COC(=O)CNS(=O)(=O)c2cccc(C(F)(F)F)c2)cn2ccccc12. The third kappa shape index (κ3) is 4.61. The molecule has 1 aromatic carbocycles. The molecular weight excluding hydrogens is 423 g/mol. The highest BCUT2D eigenvalue weighted by atomic mass is 32.2. The zero-order chi connectivity index (χ0) is 21.9. The van der Waals surface area contributed by atoms with Crippen molar-refractivity contribution in [3.05, 3.63) is 71.5 Å². The predicted molar refractivity (Wildman–Crippen MR) is 98.5 cm³/mol. The zero-order valence-electron chi connectivity index (χ0n) is 15.2. The lowest BCUT2D eigenvalue weighted by Crippen LogP contribution is -2.30. The molecular formula is C19H14F3N3O4S. The van der Waals surface area contributed by atoms with Crippen molar-refractivity contribution in [2.75, 3.05) is 6.54 Å². The van der Waals surface area contributed by atoms with E-state index in [1.807, 2.05) is 10.8 Å². The predicted octanol–water partition coefficient (Wildman–Crippen LogP) is 2.85. The van der Waals surface area contributed by atoms with Crippen LogP contribution in [0.15, 0.2) is 59.8 Å². The van der Waals surface area contributed by atoms with Crippen molar-refractivity contribution in [3.8, 4) is 6.07 Å². The van der Waals surface area contributed by atoms with Crippen LogP contribution in [-0.4, -0.2) is 25.3 Å². The van der Waals surface area contributed by atoms with Gasteiger partial charge in [0, 0.05) is 18.0 Å². The standard InChI is InChI=1S/C19H14F3N3O4S/c20-19(21,22)14-4-3-5-15(8-14)30(27,28)24-10-18(26)29-12-13-11-25-7-2-1-6-17(25)16(13)9-23/h1-8,11,24H,10,12H2. The van der Waals surface area contributed by atoms with E-state index in [0.29, 0.717) is 22.7 Å². The monoisotopic (exact) mass is 437 g/mol. The smallest absolute Gasteiger partial charge is 0.416 e. The first-order valence-corrected chi connectivity index (χ1v) is 9.91. The van der Waals surface area contributed by atoms with E-state index >= 15 is 0 Å². The molecule has 0 unspecified atom stereocenters. The minimum atomic E-state index is -4.70. The maximum absolute atomic E-state index is 12.8. The molecule has 0 amide bonds. The van der Waals surface area contributed by atoms with Gasteiger partial charge >= 0.3 is 12.1 Å². The molecule has 11 heteroatoms. The average molecular weight is 437 g/mol. The Labute approximate surface area is 169 Å². The Morgan fingerprint density at radius 1 is 1.20 bits per heavy atom. The summed E-state index contributed by atoms with van der Waals surface area (Å²) in [5.74, 6) is -0.954. The second kappa shape index (κ2) is 8.17. The number of nitriles is 1. The topological polar surface area (TPSA) is 101 Å². The molecule has 0 aliphatic carbocycles. The summed E-state index contributed by atoms with van der Waals surface area (Å²) < 4.78 is 71.2. The van der Waals surface area contributed by atoms with Crippen LogP contribution < -0.4 is 4.72 Å². The Kier molecular flexibility index (Phi) is 5.82. The quantitative estimate of drug-likeness (QED) is 0.598. The van der Waals surface area contributed by atoms with Gasteiger partial charge in [0.05, 0.1) is 21.5 Å². The highest BCUT2D eigenvalue weighted by Gasteiger charge is 2.31. The number of esters is 1. The Morgan fingerprint density at radius 3 is 2.67 bits per heavy atom. The second-order valence-corrected chi connectivity index (χ2v) is 7.91. The summed E-state index contributed by atoms with van der Waals surface area (Å²) >= 11 is 0. The minimum Gasteiger partial charge on any atom is -0.460 e. The summed E-state index contributed by atoms with van der Waals surface area (Å²) in [6, 6.07) is 10.4. The lowest BCUT2D eigenvalue weighted by molar-refractivity contribution is -0.143. The van der Waals surface area contributed by atoms with E-state index in [1.54, 1.807) is 35.0 Å². The molecule has 0 radical (unpaired) electrons. The molecule has 1 N–H and O–H groups in total. The Bertz CT molecular complexity index is 1240. The number of fused-ring (bicyclic) bond motifs is 1. The molecule has 30 heavy (non-hydrogen) atoms. The summed E-state index contributed by atoms with van der Waals surface area (Å²) in [6.45, 7) is -1.05. The number of benzene rings is 1. The molecule has 0 aliphatic rings. The summed E-state index contributed by atoms with van der Waals surface area (Å²) in [5, 5.41) is 9.31. The molecule has 7 nitrogen and oxygen atoms in total. The number of carbonyl (C=O) groups is 1. The van der Waals surface area contributed by atoms with E-state index in [0.717, 1.165) is 18.2 Å². The van der Waals surface area contributed by atoms with Gasteiger partial charge in [0.25, 0.3) is 0 Å². The largest absolute Gasteiger partial charge is 0.460 e. The van der Waals surface area contributed by atoms with Crippen LogP contribution in [0.5, 0.6) is 0 Å². The van der Waals surface area contributed by atoms with Crippen molar-refractivity contribution in [1.29, 1.82) is 5.26 Å². The average Bonchev–Trinajstić information content (AvgIpc) is 3.07. The fourth-order valence-corrected chi connectivity index (χ4v) is 3.72. The first-order valence-electron chi connectivity index (χ1n) is 8.43. The van der Waals surface area contributed by atoms with Gasteiger partial charge in [-0.25, -0.2) is 8.42 Å². The van der Waals surface area contributed by atoms with Crippen LogP contribution in [0.4, 0.5) is 13.2 Å². The van der Waals surface area contributed by atoms with Gasteiger partial charge in [0.15, 0.2) is 0 Å². The van der Waals surface area contributed by atoms with Crippen molar-refractivity contribution < 1.29 is 31.1 Å². The number of nitrogens with one attached hydrogen (secondary N) is 1. The van der Waals surface area contributed by atoms with E-state index in [1.165, 1.54) is 0 Å². The van der Waals surface area contributed by atoms with Crippen molar-refractivity contribution >= 4 is 21.5 Å². The molecule has 2 heterocycles. The van der Waals surface area contributed by atoms with Crippen molar-refractivity contribution in [1.82, 2.24) is 9.12 Å². The second-order valence-electron chi connectivity index (χ2n) is 6.15. The lowest BCUT2D eigenvalue weighted by atomic mass is 10.2. The molecule has 156 valence electrons. The fourth-order valence-electron chi connectivity index (χ4n) is 2.70. The molecule has 0 aliphatic heterocycles. The van der Waals surface area contributed by atoms with Gasteiger partial charge < -0.3 is 9.14 Å². The number of alkyl halides is 3. The maximum atomic E-state index is 12.8. The Morgan fingerprint density at radius 2 is 1.97 bits per heavy atom. The lowest BCUT2D eigenvalue weighted by Gasteiger charge is -2.10. The fraction of sp³-hybridized carbons (Fsp3) is 0.158. The number of pyridine rings is 1. The molecule has 0 saturated heterocycles. The van der Waals surface area contributed by atoms with Gasteiger partial charge in [-0.3, -0.25) is 4.79 Å². The van der Waals surface area contributed by atoms with Crippen molar-refractivity contribution in [2.45, 2.75) is 17.7 Å². The molecule has 0 fully saturated rings. The van der Waals surface area contributed by atoms with E-state index in [9.17, 15) is 31.6 Å². The summed E-state index contributed by atoms with van der Waals surface area (Å²) in [6.07, 6.45) is -1.39. The normalized spacial score (nSPS) is 11.9. The molecule has 3 rings (SSSR count). The maximum Gasteiger partial charge on any atom is 0.416 e. The van der Waals surface area contributed by atoms with E-state index < -0.39 is 39.2 Å². The number of ether oxygens (including phenoxy) is 1. The molecule has 0 spiro atoms. The van der Waals surface area contributed by atoms with Crippen LogP contribution in [0, 0.1) is 11.3 Å². The van der Waals surface area contributed by atoms with Crippen LogP contribution >= 0.6 is 0 Å². The first-order chi connectivity index (χ1) is 14.1. The Balaban J connectivity index is 1.64. The first kappa shape index (κ1) is 21.4. The van der Waals surface area contributed by atoms with E-state index in [4.69, 9.17) is 4.74 Å². The molecule has 0 bridgehead atoms. The number of hydrogen-bond donors (Lipinski definition) is 1. The molecule has 3 aromatic rings. The van der Waals surface area contributed by atoms with Crippen molar-refractivity contribution in [3.63, 3.8) is 0 Å². The molecule has 2 aromatic heterocycles. The van der Waals surface area contributed by atoms with Gasteiger partial charge in [0.2, 0.25) is 10.0 Å². The molecule has 0 saturated carbocycles. The van der Waals surface area contributed by atoms with Gasteiger partial charge in [-0.05, 0) is 30.3 Å². The van der Waals surface area contributed by atoms with Gasteiger partial charge in [-0.2, -0.15) is 23.2 Å². The van der Waals surface area contributed by atoms with Gasteiger partial charge in [-0.15, -0.1) is 0 Å². The van der Waals surface area contributed by atoms with E-state index in [-0.39, 0.29) is 6.61 Å². The summed E-state index contributed by atoms with van der Waals surface area (Å²) in [7, 11) is -4.36. The number of sulfonamides is 1. The minimum absolute atomic E-state index is 0.269. The van der Waals surface area contributed by atoms with Crippen molar-refractivity contribution in [2.24, 2.45) is 0 Å². The van der Waals surface area contributed by atoms with Crippen LogP contribution in [0.25, 0.3) is 5.52 Å². The Hall–Kier alpha value is -3.36. The van der Waals surface area contributed by atoms with E-state index in [2.05, 4.69) is 0 Å². The van der Waals surface area contributed by atoms with Crippen LogP contribution in [0.3, 0.4) is 0 Å². The third-order valence-electron chi connectivity index (χ3n) is 4.14. The highest BCUT2D eigenvalue weighted by Crippen LogP contribution is 2.30.